The zero-order valence-corrected chi connectivity index (χ0v) is 23.9. The molecule has 0 radical (unpaired) electrons. The van der Waals surface area contributed by atoms with Gasteiger partial charge in [0.25, 0.3) is 5.91 Å². The lowest BCUT2D eigenvalue weighted by molar-refractivity contribution is 0.0983. The van der Waals surface area contributed by atoms with E-state index < -0.39 is 10.0 Å². The average Bonchev–Trinajstić information content (AvgIpc) is 3.31. The molecule has 1 aromatic heterocycles. The molecule has 0 saturated heterocycles. The molecule has 3 rings (SSSR count). The number of hydrogen-bond acceptors (Lipinski definition) is 7. The van der Waals surface area contributed by atoms with E-state index >= 15 is 0 Å². The van der Waals surface area contributed by atoms with Crippen molar-refractivity contribution in [3.63, 3.8) is 0 Å². The molecule has 0 spiro atoms. The number of halogens is 1. The number of likely N-dealkylation sites (N-methyl/N-ethyl adjacent to an activating group) is 1. The van der Waals surface area contributed by atoms with Crippen LogP contribution in [0.15, 0.2) is 47.4 Å². The monoisotopic (exact) mass is 554 g/mol. The highest BCUT2D eigenvalue weighted by Gasteiger charge is 2.25. The Labute approximate surface area is 224 Å². The van der Waals surface area contributed by atoms with Gasteiger partial charge in [-0.2, -0.15) is 4.31 Å². The van der Waals surface area contributed by atoms with Crippen molar-refractivity contribution in [2.75, 3.05) is 51.3 Å². The van der Waals surface area contributed by atoms with Gasteiger partial charge in [-0.3, -0.25) is 9.69 Å². The number of sulfonamides is 1. The number of carbonyl (C=O) groups is 1. The molecule has 2 aromatic carbocycles. The molecule has 1 amide bonds. The van der Waals surface area contributed by atoms with Crippen LogP contribution in [0, 0.1) is 0 Å². The Balaban J connectivity index is 0.00000456. The summed E-state index contributed by atoms with van der Waals surface area (Å²) in [5.41, 5.74) is 1.13. The first-order valence-electron chi connectivity index (χ1n) is 11.9. The van der Waals surface area contributed by atoms with Gasteiger partial charge in [0.05, 0.1) is 16.7 Å². The van der Waals surface area contributed by atoms with Gasteiger partial charge in [-0.05, 0) is 49.5 Å². The van der Waals surface area contributed by atoms with Crippen LogP contribution in [0.25, 0.3) is 10.2 Å². The molecule has 198 valence electrons. The molecule has 1 heterocycles. The summed E-state index contributed by atoms with van der Waals surface area (Å²) in [5, 5.41) is 0.585. The van der Waals surface area contributed by atoms with Crippen LogP contribution in [0.3, 0.4) is 0 Å². The smallest absolute Gasteiger partial charge is 0.260 e. The third-order valence-corrected chi connectivity index (χ3v) is 9.15. The second-order valence-electron chi connectivity index (χ2n) is 7.90. The number of fused-ring (bicyclic) bond motifs is 1. The highest BCUT2D eigenvalue weighted by Crippen LogP contribution is 2.34. The zero-order chi connectivity index (χ0) is 25.6. The summed E-state index contributed by atoms with van der Waals surface area (Å²) in [6.45, 7) is 11.5. The Morgan fingerprint density at radius 2 is 1.58 bits per heavy atom. The maximum Gasteiger partial charge on any atom is 0.260 e. The number of rotatable bonds is 12. The molecule has 0 aliphatic carbocycles. The van der Waals surface area contributed by atoms with Crippen molar-refractivity contribution in [3.8, 4) is 5.75 Å². The van der Waals surface area contributed by atoms with Crippen LogP contribution in [0.1, 0.15) is 38.1 Å². The van der Waals surface area contributed by atoms with E-state index in [1.54, 1.807) is 38.0 Å². The Kier molecular flexibility index (Phi) is 11.1. The molecule has 0 saturated carbocycles. The molecule has 36 heavy (non-hydrogen) atoms. The maximum atomic E-state index is 13.7. The molecule has 0 fully saturated rings. The van der Waals surface area contributed by atoms with Crippen molar-refractivity contribution in [2.45, 2.75) is 32.6 Å². The van der Waals surface area contributed by atoms with E-state index in [4.69, 9.17) is 9.72 Å². The predicted octanol–water partition coefficient (Wildman–Crippen LogP) is 4.75. The SMILES string of the molecule is CCN(CC)CCN(C(=O)c1ccc(S(=O)(=O)N(CC)CC)cc1)c1nc2c(OC)cccc2s1.Cl. The predicted molar refractivity (Wildman–Crippen MR) is 149 cm³/mol. The van der Waals surface area contributed by atoms with Crippen LogP contribution in [0.2, 0.25) is 0 Å². The number of anilines is 1. The van der Waals surface area contributed by atoms with Gasteiger partial charge in [0.1, 0.15) is 11.3 Å². The van der Waals surface area contributed by atoms with Crippen molar-refractivity contribution >= 4 is 55.0 Å². The lowest BCUT2D eigenvalue weighted by Gasteiger charge is -2.25. The number of carbonyl (C=O) groups excluding carboxylic acids is 1. The number of methoxy groups -OCH3 is 1. The fourth-order valence-electron chi connectivity index (χ4n) is 3.89. The van der Waals surface area contributed by atoms with Gasteiger partial charge in [0.2, 0.25) is 10.0 Å². The van der Waals surface area contributed by atoms with E-state index in [9.17, 15) is 13.2 Å². The van der Waals surface area contributed by atoms with Gasteiger partial charge in [-0.1, -0.05) is 45.1 Å². The lowest BCUT2D eigenvalue weighted by Crippen LogP contribution is -2.39. The van der Waals surface area contributed by atoms with Gasteiger partial charge in [-0.25, -0.2) is 13.4 Å². The number of para-hydroxylation sites is 1. The second kappa shape index (κ2) is 13.3. The summed E-state index contributed by atoms with van der Waals surface area (Å²) >= 11 is 1.43. The molecule has 0 aliphatic heterocycles. The highest BCUT2D eigenvalue weighted by atomic mass is 35.5. The molecule has 8 nitrogen and oxygen atoms in total. The third-order valence-electron chi connectivity index (χ3n) is 6.05. The number of thiazole rings is 1. The summed E-state index contributed by atoms with van der Waals surface area (Å²) in [7, 11) is -1.99. The number of ether oxygens (including phenoxy) is 1. The zero-order valence-electron chi connectivity index (χ0n) is 21.4. The van der Waals surface area contributed by atoms with E-state index in [1.807, 2.05) is 18.2 Å². The minimum Gasteiger partial charge on any atom is -0.494 e. The molecule has 0 aliphatic rings. The van der Waals surface area contributed by atoms with Crippen LogP contribution in [-0.4, -0.2) is 74.9 Å². The Hall–Kier alpha value is -2.24. The number of nitrogens with zero attached hydrogens (tertiary/aromatic N) is 4. The van der Waals surface area contributed by atoms with Crippen LogP contribution < -0.4 is 9.64 Å². The van der Waals surface area contributed by atoms with Gasteiger partial charge in [0, 0.05) is 31.7 Å². The fourth-order valence-corrected chi connectivity index (χ4v) is 6.36. The van der Waals surface area contributed by atoms with Crippen LogP contribution in [0.4, 0.5) is 5.13 Å². The maximum absolute atomic E-state index is 13.7. The largest absolute Gasteiger partial charge is 0.494 e. The second-order valence-corrected chi connectivity index (χ2v) is 10.8. The van der Waals surface area contributed by atoms with E-state index in [2.05, 4.69) is 18.7 Å². The number of hydrogen-bond donors (Lipinski definition) is 0. The van der Waals surface area contributed by atoms with E-state index in [0.29, 0.717) is 42.6 Å². The first-order chi connectivity index (χ1) is 16.8. The van der Waals surface area contributed by atoms with Crippen LogP contribution >= 0.6 is 23.7 Å². The van der Waals surface area contributed by atoms with Gasteiger partial charge in [-0.15, -0.1) is 12.4 Å². The molecule has 3 aromatic rings. The van der Waals surface area contributed by atoms with E-state index in [0.717, 1.165) is 23.3 Å². The molecule has 0 unspecified atom stereocenters. The summed E-state index contributed by atoms with van der Waals surface area (Å²) in [4.78, 5) is 22.5. The molecule has 0 bridgehead atoms. The minimum atomic E-state index is -3.59. The standard InChI is InChI=1S/C25H34N4O4S2.ClH/c1-6-27(7-2)17-18-29(25-26-23-21(33-5)11-10-12-22(23)34-25)24(30)19-13-15-20(16-14-19)35(31,32)28(8-3)9-4;/h10-16H,6-9,17-18H2,1-5H3;1H. The topological polar surface area (TPSA) is 83.1 Å². The summed E-state index contributed by atoms with van der Waals surface area (Å²) < 4.78 is 33.5. The van der Waals surface area contributed by atoms with E-state index in [1.165, 1.54) is 27.8 Å². The summed E-state index contributed by atoms with van der Waals surface area (Å²) in [6, 6.07) is 11.9. The highest BCUT2D eigenvalue weighted by molar-refractivity contribution is 7.89. The average molecular weight is 555 g/mol. The van der Waals surface area contributed by atoms with Crippen molar-refractivity contribution < 1.29 is 17.9 Å². The summed E-state index contributed by atoms with van der Waals surface area (Å²) in [6.07, 6.45) is 0. The van der Waals surface area contributed by atoms with Gasteiger partial charge < -0.3 is 9.64 Å². The number of amides is 1. The van der Waals surface area contributed by atoms with E-state index in [-0.39, 0.29) is 23.2 Å². The van der Waals surface area contributed by atoms with Gasteiger partial charge in [0.15, 0.2) is 5.13 Å². The molecule has 0 N–H and O–H groups in total. The lowest BCUT2D eigenvalue weighted by atomic mass is 10.2. The summed E-state index contributed by atoms with van der Waals surface area (Å²) in [5.74, 6) is 0.439. The van der Waals surface area contributed by atoms with Crippen LogP contribution in [0.5, 0.6) is 5.75 Å². The minimum absolute atomic E-state index is 0. The fraction of sp³-hybridized carbons (Fsp3) is 0.440. The quantitative estimate of drug-likeness (QED) is 0.321. The molecule has 0 atom stereocenters. The van der Waals surface area contributed by atoms with Crippen molar-refractivity contribution in [1.82, 2.24) is 14.2 Å². The number of aromatic nitrogens is 1. The van der Waals surface area contributed by atoms with Crippen molar-refractivity contribution in [2.24, 2.45) is 0 Å². The normalized spacial score (nSPS) is 11.6. The Morgan fingerprint density at radius 3 is 2.14 bits per heavy atom. The molecule has 11 heteroatoms. The molecular weight excluding hydrogens is 520 g/mol. The molecular formula is C25H35ClN4O4S2. The first kappa shape index (κ1) is 30.0. The van der Waals surface area contributed by atoms with Gasteiger partial charge >= 0.3 is 0 Å². The van der Waals surface area contributed by atoms with Crippen LogP contribution in [-0.2, 0) is 10.0 Å². The first-order valence-corrected chi connectivity index (χ1v) is 14.1. The Morgan fingerprint density at radius 1 is 0.944 bits per heavy atom. The van der Waals surface area contributed by atoms with Crippen molar-refractivity contribution in [1.29, 1.82) is 0 Å². The third kappa shape index (κ3) is 6.36. The Bertz CT molecular complexity index is 1240. The van der Waals surface area contributed by atoms with Crippen molar-refractivity contribution in [3.05, 3.63) is 48.0 Å². The number of benzene rings is 2.